The smallest absolute Gasteiger partial charge is 0.216 e. The molecule has 22 heavy (non-hydrogen) atoms. The van der Waals surface area contributed by atoms with Crippen LogP contribution in [0.3, 0.4) is 0 Å². The Morgan fingerprint density at radius 1 is 1.50 bits per heavy atom. The van der Waals surface area contributed by atoms with E-state index in [0.29, 0.717) is 31.2 Å². The molecule has 0 saturated carbocycles. The van der Waals surface area contributed by atoms with Crippen LogP contribution < -0.4 is 0 Å². The van der Waals surface area contributed by atoms with Crippen molar-refractivity contribution in [3.8, 4) is 0 Å². The monoisotopic (exact) mass is 306 g/mol. The third kappa shape index (κ3) is 2.23. The first-order chi connectivity index (χ1) is 10.7. The molecule has 0 amide bonds. The number of nitrogens with zero attached hydrogens (tertiary/aromatic N) is 4. The first-order valence-corrected chi connectivity index (χ1v) is 7.51. The van der Waals surface area contributed by atoms with Gasteiger partial charge in [-0.05, 0) is 12.8 Å². The Labute approximate surface area is 127 Å². The van der Waals surface area contributed by atoms with Gasteiger partial charge in [0.1, 0.15) is 18.0 Å². The Kier molecular flexibility index (Phi) is 3.24. The molecule has 4 rings (SSSR count). The first-order valence-electron chi connectivity index (χ1n) is 7.51. The molecule has 8 heteroatoms. The number of aryl methyl sites for hydroxylation is 1. The molecule has 4 heterocycles. The van der Waals surface area contributed by atoms with Crippen LogP contribution in [0.4, 0.5) is 0 Å². The zero-order valence-electron chi connectivity index (χ0n) is 12.3. The summed E-state index contributed by atoms with van der Waals surface area (Å²) in [6, 6.07) is 0. The molecule has 2 saturated heterocycles. The highest BCUT2D eigenvalue weighted by Gasteiger charge is 2.51. The standard InChI is InChI=1S/C14H18N4O4/c1-2-9-5-15-12(21-9)7-18-6-11(16-17-18)14(19)4-3-10-8-20-13(14)22-10/h5-6,10,13,19H,2-4,7-8H2,1H3/t10-,13+,14?/m0/s1. The molecule has 2 aliphatic rings. The van der Waals surface area contributed by atoms with Crippen LogP contribution in [0, 0.1) is 0 Å². The largest absolute Gasteiger partial charge is 0.444 e. The van der Waals surface area contributed by atoms with Crippen LogP contribution in [0.1, 0.15) is 37.1 Å². The van der Waals surface area contributed by atoms with Crippen LogP contribution >= 0.6 is 0 Å². The van der Waals surface area contributed by atoms with E-state index >= 15 is 0 Å². The summed E-state index contributed by atoms with van der Waals surface area (Å²) in [6.07, 6.45) is 4.93. The van der Waals surface area contributed by atoms with E-state index in [9.17, 15) is 5.11 Å². The number of oxazole rings is 1. The minimum atomic E-state index is -1.24. The number of ether oxygens (including phenoxy) is 2. The van der Waals surface area contributed by atoms with Gasteiger partial charge in [-0.3, -0.25) is 0 Å². The van der Waals surface area contributed by atoms with Crippen molar-refractivity contribution in [3.05, 3.63) is 29.7 Å². The SMILES string of the molecule is CCc1cnc(Cn2cc(C3(O)CC[C@H]4CO[C@@H]3O4)nn2)o1. The van der Waals surface area contributed by atoms with E-state index in [0.717, 1.165) is 18.6 Å². The number of aromatic nitrogens is 4. The van der Waals surface area contributed by atoms with Gasteiger partial charge in [0.05, 0.1) is 25.1 Å². The van der Waals surface area contributed by atoms with Gasteiger partial charge in [-0.15, -0.1) is 5.10 Å². The molecule has 0 aliphatic carbocycles. The molecule has 2 bridgehead atoms. The summed E-state index contributed by atoms with van der Waals surface area (Å²) in [4.78, 5) is 4.19. The van der Waals surface area contributed by atoms with Crippen LogP contribution in [0.15, 0.2) is 16.8 Å². The highest BCUT2D eigenvalue weighted by Crippen LogP contribution is 2.40. The van der Waals surface area contributed by atoms with Crippen molar-refractivity contribution in [2.45, 2.75) is 50.7 Å². The molecule has 2 aromatic rings. The zero-order chi connectivity index (χ0) is 15.2. The van der Waals surface area contributed by atoms with E-state index in [2.05, 4.69) is 15.3 Å². The van der Waals surface area contributed by atoms with E-state index in [1.807, 2.05) is 6.92 Å². The number of hydrogen-bond acceptors (Lipinski definition) is 7. The molecule has 1 N–H and O–H groups in total. The molecular weight excluding hydrogens is 288 g/mol. The second-order valence-corrected chi connectivity index (χ2v) is 5.76. The number of rotatable bonds is 4. The Bertz CT molecular complexity index is 669. The van der Waals surface area contributed by atoms with Crippen molar-refractivity contribution >= 4 is 0 Å². The summed E-state index contributed by atoms with van der Waals surface area (Å²) >= 11 is 0. The normalized spacial score (nSPS) is 30.8. The van der Waals surface area contributed by atoms with Crippen LogP contribution in [0.2, 0.25) is 0 Å². The van der Waals surface area contributed by atoms with Crippen molar-refractivity contribution in [2.24, 2.45) is 0 Å². The van der Waals surface area contributed by atoms with E-state index in [1.165, 1.54) is 0 Å². The summed E-state index contributed by atoms with van der Waals surface area (Å²) in [5.74, 6) is 1.40. The van der Waals surface area contributed by atoms with Crippen LogP contribution in [-0.4, -0.2) is 44.1 Å². The average Bonchev–Trinajstić information content (AvgIpc) is 3.24. The van der Waals surface area contributed by atoms with Crippen molar-refractivity contribution < 1.29 is 19.0 Å². The zero-order valence-corrected chi connectivity index (χ0v) is 12.3. The summed E-state index contributed by atoms with van der Waals surface area (Å²) in [5, 5.41) is 19.0. The molecular formula is C14H18N4O4. The van der Waals surface area contributed by atoms with Crippen molar-refractivity contribution in [1.29, 1.82) is 0 Å². The van der Waals surface area contributed by atoms with Crippen molar-refractivity contribution in [2.75, 3.05) is 6.61 Å². The molecule has 0 spiro atoms. The predicted octanol–water partition coefficient (Wildman–Crippen LogP) is 0.600. The lowest BCUT2D eigenvalue weighted by Gasteiger charge is -2.34. The van der Waals surface area contributed by atoms with Crippen LogP contribution in [-0.2, 0) is 28.0 Å². The fraction of sp³-hybridized carbons (Fsp3) is 0.643. The summed E-state index contributed by atoms with van der Waals surface area (Å²) in [5.41, 5.74) is -0.781. The van der Waals surface area contributed by atoms with E-state index in [-0.39, 0.29) is 6.10 Å². The van der Waals surface area contributed by atoms with Gasteiger partial charge in [-0.25, -0.2) is 9.67 Å². The topological polar surface area (TPSA) is 95.4 Å². The van der Waals surface area contributed by atoms with Gasteiger partial charge in [0, 0.05) is 6.42 Å². The number of hydrogen-bond donors (Lipinski definition) is 1. The lowest BCUT2D eigenvalue weighted by molar-refractivity contribution is -0.219. The summed E-state index contributed by atoms with van der Waals surface area (Å²) in [6.45, 7) is 2.90. The Morgan fingerprint density at radius 2 is 2.41 bits per heavy atom. The molecule has 1 unspecified atom stereocenters. The van der Waals surface area contributed by atoms with Gasteiger partial charge in [0.15, 0.2) is 11.9 Å². The maximum Gasteiger partial charge on any atom is 0.216 e. The molecule has 2 aromatic heterocycles. The molecule has 0 radical (unpaired) electrons. The third-order valence-electron chi connectivity index (χ3n) is 4.22. The van der Waals surface area contributed by atoms with Gasteiger partial charge < -0.3 is 19.0 Å². The van der Waals surface area contributed by atoms with Gasteiger partial charge in [-0.2, -0.15) is 0 Å². The van der Waals surface area contributed by atoms with Gasteiger partial charge in [-0.1, -0.05) is 12.1 Å². The third-order valence-corrected chi connectivity index (χ3v) is 4.22. The van der Waals surface area contributed by atoms with E-state index in [1.54, 1.807) is 17.1 Å². The molecule has 2 aliphatic heterocycles. The van der Waals surface area contributed by atoms with Gasteiger partial charge >= 0.3 is 0 Å². The lowest BCUT2D eigenvalue weighted by atomic mass is 9.90. The second kappa shape index (κ2) is 5.15. The summed E-state index contributed by atoms with van der Waals surface area (Å²) < 4.78 is 18.3. The van der Waals surface area contributed by atoms with Crippen LogP contribution in [0.5, 0.6) is 0 Å². The van der Waals surface area contributed by atoms with Gasteiger partial charge in [0.25, 0.3) is 0 Å². The van der Waals surface area contributed by atoms with Crippen molar-refractivity contribution in [3.63, 3.8) is 0 Å². The van der Waals surface area contributed by atoms with E-state index < -0.39 is 11.9 Å². The minimum absolute atomic E-state index is 0.0834. The quantitative estimate of drug-likeness (QED) is 0.883. The highest BCUT2D eigenvalue weighted by atomic mass is 16.7. The van der Waals surface area contributed by atoms with E-state index in [4.69, 9.17) is 13.9 Å². The first kappa shape index (κ1) is 13.9. The Morgan fingerprint density at radius 3 is 3.23 bits per heavy atom. The van der Waals surface area contributed by atoms with Crippen LogP contribution in [0.25, 0.3) is 0 Å². The Balaban J connectivity index is 1.53. The minimum Gasteiger partial charge on any atom is -0.444 e. The molecule has 0 aromatic carbocycles. The fourth-order valence-corrected chi connectivity index (χ4v) is 2.89. The number of fused-ring (bicyclic) bond motifs is 2. The number of aliphatic hydroxyl groups is 1. The highest BCUT2D eigenvalue weighted by molar-refractivity contribution is 5.11. The maximum absolute atomic E-state index is 10.8. The molecule has 118 valence electrons. The second-order valence-electron chi connectivity index (χ2n) is 5.76. The fourth-order valence-electron chi connectivity index (χ4n) is 2.89. The molecule has 3 atom stereocenters. The Hall–Kier alpha value is -1.77. The van der Waals surface area contributed by atoms with Crippen molar-refractivity contribution in [1.82, 2.24) is 20.0 Å². The maximum atomic E-state index is 10.8. The molecule has 8 nitrogen and oxygen atoms in total. The summed E-state index contributed by atoms with van der Waals surface area (Å²) in [7, 11) is 0. The predicted molar refractivity (Wildman–Crippen MR) is 72.7 cm³/mol. The molecule has 2 fully saturated rings. The average molecular weight is 306 g/mol. The van der Waals surface area contributed by atoms with Gasteiger partial charge in [0.2, 0.25) is 5.89 Å². The lowest BCUT2D eigenvalue weighted by Crippen LogP contribution is -2.44.